The van der Waals surface area contributed by atoms with Gasteiger partial charge in [0.1, 0.15) is 0 Å². The molecule has 1 rings (SSSR count). The van der Waals surface area contributed by atoms with Gasteiger partial charge in [-0.05, 0) is 13.0 Å². The smallest absolute Gasteiger partial charge is 0.0719 e. The highest BCUT2D eigenvalue weighted by Gasteiger charge is 2.29. The Bertz CT molecular complexity index is 108. The van der Waals surface area contributed by atoms with Crippen molar-refractivity contribution in [2.24, 2.45) is 5.73 Å². The monoisotopic (exact) mass is 144 g/mol. The molecule has 60 valence electrons. The SMILES string of the molecule is CCN1CCC(O)C1CN. The second kappa shape index (κ2) is 3.32. The number of aliphatic hydroxyl groups excluding tert-OH is 1. The van der Waals surface area contributed by atoms with E-state index in [0.29, 0.717) is 6.54 Å². The summed E-state index contributed by atoms with van der Waals surface area (Å²) in [5.41, 5.74) is 5.49. The molecule has 0 aromatic carbocycles. The lowest BCUT2D eigenvalue weighted by Crippen LogP contribution is -2.40. The molecule has 0 bridgehead atoms. The van der Waals surface area contributed by atoms with Crippen LogP contribution in [0.15, 0.2) is 0 Å². The molecule has 1 fully saturated rings. The van der Waals surface area contributed by atoms with E-state index >= 15 is 0 Å². The van der Waals surface area contributed by atoms with Crippen LogP contribution in [0.2, 0.25) is 0 Å². The number of hydrogen-bond acceptors (Lipinski definition) is 3. The fourth-order valence-electron chi connectivity index (χ4n) is 1.60. The van der Waals surface area contributed by atoms with Gasteiger partial charge in [0.15, 0.2) is 0 Å². The first kappa shape index (κ1) is 7.98. The summed E-state index contributed by atoms with van der Waals surface area (Å²) in [5, 5.41) is 9.37. The summed E-state index contributed by atoms with van der Waals surface area (Å²) in [7, 11) is 0. The quantitative estimate of drug-likeness (QED) is 0.544. The molecule has 2 unspecified atom stereocenters. The van der Waals surface area contributed by atoms with Crippen molar-refractivity contribution in [2.75, 3.05) is 19.6 Å². The van der Waals surface area contributed by atoms with Crippen molar-refractivity contribution in [1.82, 2.24) is 4.90 Å². The molecule has 0 aromatic heterocycles. The standard InChI is InChI=1S/C7H16N2O/c1-2-9-4-3-7(10)6(9)5-8/h6-7,10H,2-5,8H2,1H3. The second-order valence-electron chi connectivity index (χ2n) is 2.79. The zero-order chi connectivity index (χ0) is 7.56. The van der Waals surface area contributed by atoms with Gasteiger partial charge in [-0.25, -0.2) is 0 Å². The summed E-state index contributed by atoms with van der Waals surface area (Å²) in [4.78, 5) is 2.23. The van der Waals surface area contributed by atoms with Crippen molar-refractivity contribution in [2.45, 2.75) is 25.5 Å². The molecule has 3 N–H and O–H groups in total. The van der Waals surface area contributed by atoms with Gasteiger partial charge >= 0.3 is 0 Å². The molecule has 1 heterocycles. The molecule has 2 atom stereocenters. The Hall–Kier alpha value is -0.120. The Labute approximate surface area is 61.8 Å². The van der Waals surface area contributed by atoms with Crippen molar-refractivity contribution in [1.29, 1.82) is 0 Å². The molecule has 0 aromatic rings. The molecule has 1 aliphatic heterocycles. The van der Waals surface area contributed by atoms with Gasteiger partial charge < -0.3 is 10.8 Å². The van der Waals surface area contributed by atoms with Gasteiger partial charge in [0, 0.05) is 19.1 Å². The summed E-state index contributed by atoms with van der Waals surface area (Å²) < 4.78 is 0. The Morgan fingerprint density at radius 3 is 2.80 bits per heavy atom. The largest absolute Gasteiger partial charge is 0.391 e. The zero-order valence-electron chi connectivity index (χ0n) is 6.45. The van der Waals surface area contributed by atoms with Crippen molar-refractivity contribution in [3.63, 3.8) is 0 Å². The Kier molecular flexibility index (Phi) is 2.65. The highest BCUT2D eigenvalue weighted by atomic mass is 16.3. The molecular formula is C7H16N2O. The zero-order valence-corrected chi connectivity index (χ0v) is 6.45. The minimum atomic E-state index is -0.190. The highest BCUT2D eigenvalue weighted by molar-refractivity contribution is 4.86. The number of likely N-dealkylation sites (N-methyl/N-ethyl adjacent to an activating group) is 1. The predicted octanol–water partition coefficient (Wildman–Crippen LogP) is -0.600. The van der Waals surface area contributed by atoms with Gasteiger partial charge in [-0.2, -0.15) is 0 Å². The number of hydrogen-bond donors (Lipinski definition) is 2. The third-order valence-electron chi connectivity index (χ3n) is 2.27. The van der Waals surface area contributed by atoms with E-state index in [4.69, 9.17) is 5.73 Å². The third-order valence-corrected chi connectivity index (χ3v) is 2.27. The lowest BCUT2D eigenvalue weighted by molar-refractivity contribution is 0.123. The molecule has 0 amide bonds. The van der Waals surface area contributed by atoms with Gasteiger partial charge in [-0.1, -0.05) is 6.92 Å². The van der Waals surface area contributed by atoms with E-state index in [1.165, 1.54) is 0 Å². The summed E-state index contributed by atoms with van der Waals surface area (Å²) in [6.07, 6.45) is 0.695. The van der Waals surface area contributed by atoms with Crippen LogP contribution in [0.3, 0.4) is 0 Å². The van der Waals surface area contributed by atoms with Crippen LogP contribution in [0.5, 0.6) is 0 Å². The van der Waals surface area contributed by atoms with E-state index in [0.717, 1.165) is 19.5 Å². The molecule has 10 heavy (non-hydrogen) atoms. The minimum absolute atomic E-state index is 0.190. The highest BCUT2D eigenvalue weighted by Crippen LogP contribution is 2.15. The number of nitrogens with zero attached hydrogens (tertiary/aromatic N) is 1. The fraction of sp³-hybridized carbons (Fsp3) is 1.00. The Balaban J connectivity index is 2.45. The first-order valence-corrected chi connectivity index (χ1v) is 3.91. The average molecular weight is 144 g/mol. The van der Waals surface area contributed by atoms with E-state index in [1.807, 2.05) is 0 Å². The lowest BCUT2D eigenvalue weighted by atomic mass is 10.2. The van der Waals surface area contributed by atoms with Crippen LogP contribution in [0.1, 0.15) is 13.3 Å². The molecule has 0 spiro atoms. The fourth-order valence-corrected chi connectivity index (χ4v) is 1.60. The Morgan fingerprint density at radius 2 is 2.40 bits per heavy atom. The maximum absolute atomic E-state index is 9.37. The van der Waals surface area contributed by atoms with Crippen molar-refractivity contribution in [3.05, 3.63) is 0 Å². The molecular weight excluding hydrogens is 128 g/mol. The first-order chi connectivity index (χ1) is 4.79. The predicted molar refractivity (Wildman–Crippen MR) is 40.7 cm³/mol. The van der Waals surface area contributed by atoms with Crippen LogP contribution in [0.4, 0.5) is 0 Å². The normalized spacial score (nSPS) is 35.1. The van der Waals surface area contributed by atoms with Crippen LogP contribution in [0, 0.1) is 0 Å². The maximum atomic E-state index is 9.37. The van der Waals surface area contributed by atoms with Crippen LogP contribution in [0.25, 0.3) is 0 Å². The minimum Gasteiger partial charge on any atom is -0.391 e. The van der Waals surface area contributed by atoms with Crippen LogP contribution in [-0.4, -0.2) is 41.8 Å². The van der Waals surface area contributed by atoms with Crippen molar-refractivity contribution < 1.29 is 5.11 Å². The van der Waals surface area contributed by atoms with Gasteiger partial charge in [0.2, 0.25) is 0 Å². The summed E-state index contributed by atoms with van der Waals surface area (Å²) in [6.45, 7) is 4.67. The van der Waals surface area contributed by atoms with Crippen LogP contribution >= 0.6 is 0 Å². The molecule has 0 radical (unpaired) electrons. The summed E-state index contributed by atoms with van der Waals surface area (Å²) in [5.74, 6) is 0. The van der Waals surface area contributed by atoms with Gasteiger partial charge in [-0.15, -0.1) is 0 Å². The first-order valence-electron chi connectivity index (χ1n) is 3.91. The van der Waals surface area contributed by atoms with E-state index < -0.39 is 0 Å². The number of nitrogens with two attached hydrogens (primary N) is 1. The Morgan fingerprint density at radius 1 is 1.70 bits per heavy atom. The molecule has 0 saturated carbocycles. The summed E-state index contributed by atoms with van der Waals surface area (Å²) >= 11 is 0. The van der Waals surface area contributed by atoms with E-state index in [-0.39, 0.29) is 12.1 Å². The van der Waals surface area contributed by atoms with E-state index in [9.17, 15) is 5.11 Å². The summed E-state index contributed by atoms with van der Waals surface area (Å²) in [6, 6.07) is 0.213. The van der Waals surface area contributed by atoms with Crippen LogP contribution < -0.4 is 5.73 Å². The molecule has 0 aliphatic carbocycles. The molecule has 1 aliphatic rings. The second-order valence-corrected chi connectivity index (χ2v) is 2.79. The number of likely N-dealkylation sites (tertiary alicyclic amines) is 1. The van der Waals surface area contributed by atoms with Gasteiger partial charge in [0.05, 0.1) is 6.10 Å². The van der Waals surface area contributed by atoms with Gasteiger partial charge in [-0.3, -0.25) is 4.90 Å². The average Bonchev–Trinajstić information content (AvgIpc) is 2.30. The maximum Gasteiger partial charge on any atom is 0.0719 e. The van der Waals surface area contributed by atoms with Crippen molar-refractivity contribution in [3.8, 4) is 0 Å². The third kappa shape index (κ3) is 1.31. The number of aliphatic hydroxyl groups is 1. The molecule has 3 heteroatoms. The lowest BCUT2D eigenvalue weighted by Gasteiger charge is -2.22. The molecule has 1 saturated heterocycles. The van der Waals surface area contributed by atoms with Crippen molar-refractivity contribution >= 4 is 0 Å². The van der Waals surface area contributed by atoms with E-state index in [1.54, 1.807) is 0 Å². The number of rotatable bonds is 2. The topological polar surface area (TPSA) is 49.5 Å². The van der Waals surface area contributed by atoms with Crippen LogP contribution in [-0.2, 0) is 0 Å². The van der Waals surface area contributed by atoms with Gasteiger partial charge in [0.25, 0.3) is 0 Å². The van der Waals surface area contributed by atoms with E-state index in [2.05, 4.69) is 11.8 Å². The molecule has 3 nitrogen and oxygen atoms in total.